The van der Waals surface area contributed by atoms with Crippen molar-refractivity contribution in [1.82, 2.24) is 0 Å². The molecule has 0 aliphatic heterocycles. The molecule has 1 aromatic rings. The fourth-order valence-electron chi connectivity index (χ4n) is 0.903. The Morgan fingerprint density at radius 2 is 2.18 bits per heavy atom. The van der Waals surface area contributed by atoms with Gasteiger partial charge >= 0.3 is 0 Å². The van der Waals surface area contributed by atoms with Crippen molar-refractivity contribution in [3.8, 4) is 0 Å². The Morgan fingerprint density at radius 3 is 2.82 bits per heavy atom. The second kappa shape index (κ2) is 3.81. The van der Waals surface area contributed by atoms with Gasteiger partial charge in [0.25, 0.3) is 0 Å². The molecule has 58 valence electrons. The molecule has 11 heavy (non-hydrogen) atoms. The molecule has 0 saturated carbocycles. The Bertz CT molecular complexity index is 341. The van der Waals surface area contributed by atoms with E-state index in [1.165, 1.54) is 0 Å². The lowest BCUT2D eigenvalue weighted by atomic mass is 10.3. The maximum Gasteiger partial charge on any atom is 0.129 e. The van der Waals surface area contributed by atoms with Crippen LogP contribution in [0.3, 0.4) is 0 Å². The molecule has 0 unspecified atom stereocenters. The molecule has 0 N–H and O–H groups in total. The SMILES string of the molecule is C/C=C/C=c1/cco/c1=C/C. The molecular formula is C10H12O. The fourth-order valence-corrected chi connectivity index (χ4v) is 0.903. The van der Waals surface area contributed by atoms with Crippen molar-refractivity contribution in [3.63, 3.8) is 0 Å². The maximum atomic E-state index is 5.19. The summed E-state index contributed by atoms with van der Waals surface area (Å²) in [6, 6.07) is 1.95. The summed E-state index contributed by atoms with van der Waals surface area (Å²) in [6.07, 6.45) is 9.67. The second-order valence-electron chi connectivity index (χ2n) is 2.22. The second-order valence-corrected chi connectivity index (χ2v) is 2.22. The third-order valence-electron chi connectivity index (χ3n) is 1.46. The Labute approximate surface area is 66.3 Å². The summed E-state index contributed by atoms with van der Waals surface area (Å²) in [5.41, 5.74) is 0.933. The van der Waals surface area contributed by atoms with Gasteiger partial charge in [0.05, 0.1) is 6.26 Å². The van der Waals surface area contributed by atoms with Gasteiger partial charge in [-0.05, 0) is 26.0 Å². The normalized spacial score (nSPS) is 15.1. The predicted molar refractivity (Wildman–Crippen MR) is 47.4 cm³/mol. The van der Waals surface area contributed by atoms with Gasteiger partial charge in [-0.3, -0.25) is 0 Å². The van der Waals surface area contributed by atoms with Gasteiger partial charge in [0.1, 0.15) is 5.42 Å². The summed E-state index contributed by atoms with van der Waals surface area (Å²) in [5.74, 6) is 0. The molecule has 0 spiro atoms. The number of hydrogen-bond donors (Lipinski definition) is 0. The molecule has 1 heterocycles. The Hall–Kier alpha value is -1.24. The average molecular weight is 148 g/mol. The van der Waals surface area contributed by atoms with E-state index in [9.17, 15) is 0 Å². The minimum Gasteiger partial charge on any atom is -0.465 e. The first-order valence-electron chi connectivity index (χ1n) is 3.71. The summed E-state index contributed by atoms with van der Waals surface area (Å²) in [4.78, 5) is 0. The average Bonchev–Trinajstić information content (AvgIpc) is 2.47. The number of rotatable bonds is 1. The number of hydrogen-bond acceptors (Lipinski definition) is 1. The van der Waals surface area contributed by atoms with Crippen molar-refractivity contribution in [2.24, 2.45) is 0 Å². The molecule has 0 aliphatic carbocycles. The van der Waals surface area contributed by atoms with Crippen LogP contribution in [0.2, 0.25) is 0 Å². The van der Waals surface area contributed by atoms with Crippen molar-refractivity contribution in [1.29, 1.82) is 0 Å². The van der Waals surface area contributed by atoms with E-state index in [-0.39, 0.29) is 0 Å². The van der Waals surface area contributed by atoms with Gasteiger partial charge in [-0.25, -0.2) is 0 Å². The van der Waals surface area contributed by atoms with E-state index in [1.54, 1.807) is 6.26 Å². The van der Waals surface area contributed by atoms with E-state index in [2.05, 4.69) is 0 Å². The van der Waals surface area contributed by atoms with Gasteiger partial charge in [-0.15, -0.1) is 0 Å². The molecule has 0 atom stereocenters. The first-order valence-corrected chi connectivity index (χ1v) is 3.71. The van der Waals surface area contributed by atoms with Crippen molar-refractivity contribution >= 4 is 12.2 Å². The molecule has 0 aromatic carbocycles. The topological polar surface area (TPSA) is 13.1 Å². The smallest absolute Gasteiger partial charge is 0.129 e. The van der Waals surface area contributed by atoms with Crippen LogP contribution in [0.25, 0.3) is 12.2 Å². The van der Waals surface area contributed by atoms with Crippen molar-refractivity contribution in [2.45, 2.75) is 13.8 Å². The van der Waals surface area contributed by atoms with Crippen molar-refractivity contribution in [3.05, 3.63) is 35.1 Å². The van der Waals surface area contributed by atoms with E-state index in [1.807, 2.05) is 44.2 Å². The monoisotopic (exact) mass is 148 g/mol. The molecule has 0 fully saturated rings. The van der Waals surface area contributed by atoms with Crippen LogP contribution in [0, 0.1) is 0 Å². The molecule has 1 nitrogen and oxygen atoms in total. The van der Waals surface area contributed by atoms with Crippen LogP contribution in [-0.4, -0.2) is 0 Å². The highest BCUT2D eigenvalue weighted by Gasteiger charge is 1.82. The quantitative estimate of drug-likeness (QED) is 0.587. The number of furan rings is 1. The molecular weight excluding hydrogens is 136 g/mol. The van der Waals surface area contributed by atoms with Crippen LogP contribution in [0.4, 0.5) is 0 Å². The lowest BCUT2D eigenvalue weighted by Crippen LogP contribution is -2.17. The van der Waals surface area contributed by atoms with Gasteiger partial charge in [0.2, 0.25) is 0 Å². The summed E-state index contributed by atoms with van der Waals surface area (Å²) < 4.78 is 5.19. The van der Waals surface area contributed by atoms with Crippen molar-refractivity contribution in [2.75, 3.05) is 0 Å². The maximum absolute atomic E-state index is 5.19. The first-order chi connectivity index (χ1) is 5.38. The van der Waals surface area contributed by atoms with Crippen LogP contribution in [0.5, 0.6) is 0 Å². The molecule has 0 bridgehead atoms. The summed E-state index contributed by atoms with van der Waals surface area (Å²) in [7, 11) is 0. The van der Waals surface area contributed by atoms with E-state index >= 15 is 0 Å². The van der Waals surface area contributed by atoms with Gasteiger partial charge in [-0.1, -0.05) is 18.2 Å². The van der Waals surface area contributed by atoms with Crippen LogP contribution in [-0.2, 0) is 0 Å². The minimum absolute atomic E-state index is 0.933. The van der Waals surface area contributed by atoms with Gasteiger partial charge in [0, 0.05) is 5.22 Å². The highest BCUT2D eigenvalue weighted by atomic mass is 16.3. The van der Waals surface area contributed by atoms with Crippen LogP contribution < -0.4 is 10.6 Å². The minimum atomic E-state index is 0.933. The first kappa shape index (κ1) is 7.86. The van der Waals surface area contributed by atoms with Gasteiger partial charge in [0.15, 0.2) is 0 Å². The van der Waals surface area contributed by atoms with Crippen molar-refractivity contribution < 1.29 is 4.42 Å². The molecule has 0 amide bonds. The third kappa shape index (κ3) is 1.84. The summed E-state index contributed by atoms with van der Waals surface area (Å²) >= 11 is 0. The molecule has 1 rings (SSSR count). The molecule has 1 aromatic heterocycles. The Morgan fingerprint density at radius 1 is 1.36 bits per heavy atom. The van der Waals surface area contributed by atoms with Gasteiger partial charge in [-0.2, -0.15) is 0 Å². The van der Waals surface area contributed by atoms with E-state index in [4.69, 9.17) is 4.42 Å². The highest BCUT2D eigenvalue weighted by Crippen LogP contribution is 1.74. The highest BCUT2D eigenvalue weighted by molar-refractivity contribution is 5.36. The number of allylic oxidation sites excluding steroid dienone is 2. The standard InChI is InChI=1S/C10H12O/c1-3-5-6-9-7-8-11-10(9)4-2/h3-8H,1-2H3/b5-3+,9-6-,10-4+. The fraction of sp³-hybridized carbons (Fsp3) is 0.200. The lowest BCUT2D eigenvalue weighted by molar-refractivity contribution is 0.530. The van der Waals surface area contributed by atoms with Crippen LogP contribution in [0.15, 0.2) is 28.9 Å². The zero-order valence-corrected chi connectivity index (χ0v) is 6.87. The zero-order chi connectivity index (χ0) is 8.10. The summed E-state index contributed by atoms with van der Waals surface area (Å²) in [6.45, 7) is 3.96. The zero-order valence-electron chi connectivity index (χ0n) is 6.87. The van der Waals surface area contributed by atoms with E-state index in [0.717, 1.165) is 10.6 Å². The largest absolute Gasteiger partial charge is 0.465 e. The summed E-state index contributed by atoms with van der Waals surface area (Å²) in [5, 5.41) is 1.13. The van der Waals surface area contributed by atoms with E-state index in [0.29, 0.717) is 0 Å². The van der Waals surface area contributed by atoms with Gasteiger partial charge < -0.3 is 4.42 Å². The van der Waals surface area contributed by atoms with Crippen LogP contribution >= 0.6 is 0 Å². The predicted octanol–water partition coefficient (Wildman–Crippen LogP) is 1.44. The molecule has 0 saturated heterocycles. The lowest BCUT2D eigenvalue weighted by Gasteiger charge is -1.73. The van der Waals surface area contributed by atoms with E-state index < -0.39 is 0 Å². The molecule has 0 aliphatic rings. The Balaban J connectivity index is 3.23. The van der Waals surface area contributed by atoms with Crippen LogP contribution in [0.1, 0.15) is 13.8 Å². The molecule has 1 heteroatoms. The Kier molecular flexibility index (Phi) is 2.73. The molecule has 0 radical (unpaired) electrons. The third-order valence-corrected chi connectivity index (χ3v) is 1.46.